The summed E-state index contributed by atoms with van der Waals surface area (Å²) >= 11 is 0. The van der Waals surface area contributed by atoms with Gasteiger partial charge in [-0.3, -0.25) is 4.79 Å². The number of amides is 1. The molecule has 43 heavy (non-hydrogen) atoms. The van der Waals surface area contributed by atoms with E-state index in [0.29, 0.717) is 28.7 Å². The number of methoxy groups -OCH3 is 1. The van der Waals surface area contributed by atoms with Crippen LogP contribution in [0.1, 0.15) is 41.6 Å². The molecule has 5 aromatic rings. The first-order valence-electron chi connectivity index (χ1n) is 15.1. The van der Waals surface area contributed by atoms with Gasteiger partial charge in [0, 0.05) is 48.7 Å². The molecule has 1 amide bonds. The first-order valence-corrected chi connectivity index (χ1v) is 15.1. The van der Waals surface area contributed by atoms with Crippen LogP contribution in [0, 0.1) is 23.2 Å². The third-order valence-corrected chi connectivity index (χ3v) is 9.71. The minimum atomic E-state index is -0.00454. The van der Waals surface area contributed by atoms with E-state index in [1.54, 1.807) is 13.2 Å². The molecule has 3 atom stereocenters. The van der Waals surface area contributed by atoms with Crippen molar-refractivity contribution in [3.8, 4) is 34.6 Å². The quantitative estimate of drug-likeness (QED) is 0.303. The Hall–Kier alpha value is -4.68. The highest BCUT2D eigenvalue weighted by atomic mass is 16.5. The van der Waals surface area contributed by atoms with Crippen LogP contribution in [-0.4, -0.2) is 55.6 Å². The van der Waals surface area contributed by atoms with E-state index in [4.69, 9.17) is 20.4 Å². The van der Waals surface area contributed by atoms with Gasteiger partial charge in [0.2, 0.25) is 0 Å². The molecule has 2 aromatic carbocycles. The van der Waals surface area contributed by atoms with Crippen molar-refractivity contribution >= 4 is 28.0 Å². The monoisotopic (exact) mass is 571 g/mol. The summed E-state index contributed by atoms with van der Waals surface area (Å²) < 4.78 is 10.2. The van der Waals surface area contributed by atoms with Gasteiger partial charge in [-0.2, -0.15) is 5.26 Å². The molecule has 2 N–H and O–H groups in total. The smallest absolute Gasteiger partial charge is 0.254 e. The average molecular weight is 572 g/mol. The largest absolute Gasteiger partial charge is 0.494 e. The van der Waals surface area contributed by atoms with E-state index in [0.717, 1.165) is 70.8 Å². The number of hydrogen-bond acceptors (Lipinski definition) is 6. The number of aromatic nitrogens is 4. The number of fused-ring (bicyclic) bond motifs is 4. The zero-order valence-electron chi connectivity index (χ0n) is 24.3. The molecule has 2 saturated carbocycles. The van der Waals surface area contributed by atoms with Gasteiger partial charge in [0.15, 0.2) is 5.82 Å². The van der Waals surface area contributed by atoms with Gasteiger partial charge >= 0.3 is 0 Å². The Morgan fingerprint density at radius 1 is 1.09 bits per heavy atom. The third kappa shape index (κ3) is 4.12. The van der Waals surface area contributed by atoms with Crippen LogP contribution in [0.5, 0.6) is 5.75 Å². The second-order valence-electron chi connectivity index (χ2n) is 12.4. The van der Waals surface area contributed by atoms with Gasteiger partial charge in [-0.15, -0.1) is 0 Å². The fourth-order valence-electron chi connectivity index (χ4n) is 7.23. The van der Waals surface area contributed by atoms with Crippen LogP contribution in [-0.2, 0) is 13.6 Å². The van der Waals surface area contributed by atoms with E-state index in [-0.39, 0.29) is 18.0 Å². The molecule has 2 aliphatic carbocycles. The number of hydrogen-bond donors (Lipinski definition) is 1. The van der Waals surface area contributed by atoms with E-state index < -0.39 is 0 Å². The number of aryl methyl sites for hydroxylation is 1. The maximum atomic E-state index is 13.7. The van der Waals surface area contributed by atoms with Crippen LogP contribution in [0.3, 0.4) is 0 Å². The molecule has 216 valence electrons. The van der Waals surface area contributed by atoms with Crippen LogP contribution in [0.4, 0.5) is 0 Å². The molecule has 3 aromatic heterocycles. The Morgan fingerprint density at radius 2 is 1.95 bits per heavy atom. The molecule has 8 rings (SSSR count). The predicted molar refractivity (Wildman–Crippen MR) is 164 cm³/mol. The molecule has 1 aliphatic heterocycles. The highest BCUT2D eigenvalue weighted by molar-refractivity contribution is 6.00. The van der Waals surface area contributed by atoms with E-state index >= 15 is 0 Å². The summed E-state index contributed by atoms with van der Waals surface area (Å²) in [7, 11) is 3.64. The van der Waals surface area contributed by atoms with Crippen molar-refractivity contribution in [2.75, 3.05) is 13.7 Å². The highest BCUT2D eigenvalue weighted by Gasteiger charge is 2.47. The lowest BCUT2D eigenvalue weighted by atomic mass is 10.1. The van der Waals surface area contributed by atoms with Gasteiger partial charge in [-0.05, 0) is 80.0 Å². The Kier molecular flexibility index (Phi) is 5.85. The predicted octanol–water partition coefficient (Wildman–Crippen LogP) is 5.11. The van der Waals surface area contributed by atoms with Crippen molar-refractivity contribution < 1.29 is 9.53 Å². The first-order chi connectivity index (χ1) is 20.9. The summed E-state index contributed by atoms with van der Waals surface area (Å²) in [5, 5.41) is 10.4. The summed E-state index contributed by atoms with van der Waals surface area (Å²) in [5.74, 6) is 2.41. The van der Waals surface area contributed by atoms with Gasteiger partial charge in [-0.25, -0.2) is 9.97 Å². The highest BCUT2D eigenvalue weighted by Crippen LogP contribution is 2.40. The van der Waals surface area contributed by atoms with Gasteiger partial charge in [0.05, 0.1) is 35.6 Å². The van der Waals surface area contributed by atoms with Crippen LogP contribution < -0.4 is 10.5 Å². The van der Waals surface area contributed by atoms with Crippen molar-refractivity contribution in [3.63, 3.8) is 0 Å². The Labute approximate surface area is 249 Å². The molecule has 3 fully saturated rings. The fraction of sp³-hybridized carbons (Fsp3) is 0.353. The van der Waals surface area contributed by atoms with Gasteiger partial charge in [0.1, 0.15) is 16.9 Å². The number of nitrogens with two attached hydrogens (primary N) is 1. The molecule has 9 heteroatoms. The standard InChI is InChI=1S/C34H33N7O2/c1-39-31-26(13-24(15-29(31)43-2)34(42)41-18-23-9-11-27(41)30(23)36)38-33(39)28-14-22-8-10-25(21-5-3-4-20(12-21)16-35)37-32(22)40(28)17-19-6-7-19/h3-5,8,10,12-15,19,23,27,30H,6-7,9,11,17-18,36H2,1-2H3/t23?,27?,30-/m1/s1. The fourth-order valence-corrected chi connectivity index (χ4v) is 7.23. The van der Waals surface area contributed by atoms with E-state index in [9.17, 15) is 10.1 Å². The number of likely N-dealkylation sites (tertiary alicyclic amines) is 1. The maximum absolute atomic E-state index is 13.7. The zero-order chi connectivity index (χ0) is 29.4. The number of benzene rings is 2. The van der Waals surface area contributed by atoms with Gasteiger partial charge < -0.3 is 24.5 Å². The lowest BCUT2D eigenvalue weighted by Gasteiger charge is -2.27. The first kappa shape index (κ1) is 26.0. The Bertz CT molecular complexity index is 1980. The molecule has 9 nitrogen and oxygen atoms in total. The average Bonchev–Trinajstić information content (AvgIpc) is 3.44. The lowest BCUT2D eigenvalue weighted by Crippen LogP contribution is -2.41. The number of pyridine rings is 1. The number of carbonyl (C=O) groups is 1. The second kappa shape index (κ2) is 9.68. The summed E-state index contributed by atoms with van der Waals surface area (Å²) in [5.41, 5.74) is 12.8. The topological polar surface area (TPSA) is 115 Å². The molecule has 0 spiro atoms. The molecule has 1 saturated heterocycles. The minimum absolute atomic E-state index is 0.00454. The van der Waals surface area contributed by atoms with Crippen molar-refractivity contribution in [1.82, 2.24) is 24.0 Å². The number of nitriles is 1. The minimum Gasteiger partial charge on any atom is -0.494 e. The van der Waals surface area contributed by atoms with Crippen LogP contribution in [0.15, 0.2) is 54.6 Å². The van der Waals surface area contributed by atoms with Gasteiger partial charge in [0.25, 0.3) is 5.91 Å². The number of carbonyl (C=O) groups excluding carboxylic acids is 1. The van der Waals surface area contributed by atoms with Gasteiger partial charge in [-0.1, -0.05) is 12.1 Å². The third-order valence-electron chi connectivity index (χ3n) is 9.71. The number of imidazole rings is 1. The molecular formula is C34H33N7O2. The molecule has 0 radical (unpaired) electrons. The van der Waals surface area contributed by atoms with E-state index in [1.165, 1.54) is 12.8 Å². The number of nitrogens with zero attached hydrogens (tertiary/aromatic N) is 6. The summed E-state index contributed by atoms with van der Waals surface area (Å²) in [6.07, 6.45) is 4.47. The molecule has 2 bridgehead atoms. The van der Waals surface area contributed by atoms with E-state index in [2.05, 4.69) is 27.3 Å². The van der Waals surface area contributed by atoms with Crippen LogP contribution in [0.2, 0.25) is 0 Å². The molecule has 3 aliphatic rings. The number of piperidine rings is 1. The second-order valence-corrected chi connectivity index (χ2v) is 12.4. The summed E-state index contributed by atoms with van der Waals surface area (Å²) in [4.78, 5) is 25.9. The van der Waals surface area contributed by atoms with Crippen molar-refractivity contribution in [1.29, 1.82) is 5.26 Å². The number of rotatable bonds is 6. The normalized spacial score (nSPS) is 21.2. The molecular weight excluding hydrogens is 538 g/mol. The lowest BCUT2D eigenvalue weighted by molar-refractivity contribution is 0.0700. The Balaban J connectivity index is 1.24. The zero-order valence-corrected chi connectivity index (χ0v) is 24.3. The van der Waals surface area contributed by atoms with Crippen molar-refractivity contribution in [2.24, 2.45) is 24.6 Å². The van der Waals surface area contributed by atoms with E-state index in [1.807, 2.05) is 48.3 Å². The number of ether oxygens (including phenoxy) is 1. The SMILES string of the molecule is COc1cc(C(=O)N2CC3CCC2[C@@H]3N)cc2nc(-c3cc4ccc(-c5cccc(C#N)c5)nc4n3CC3CC3)n(C)c12. The summed E-state index contributed by atoms with van der Waals surface area (Å²) in [6, 6.07) is 20.0. The summed E-state index contributed by atoms with van der Waals surface area (Å²) in [6.45, 7) is 1.57. The molecule has 2 unspecified atom stereocenters. The van der Waals surface area contributed by atoms with Crippen LogP contribution >= 0.6 is 0 Å². The maximum Gasteiger partial charge on any atom is 0.254 e. The van der Waals surface area contributed by atoms with Crippen molar-refractivity contribution in [2.45, 2.75) is 44.3 Å². The van der Waals surface area contributed by atoms with Crippen LogP contribution in [0.25, 0.3) is 44.8 Å². The molecule has 4 heterocycles. The Morgan fingerprint density at radius 3 is 2.67 bits per heavy atom. The van der Waals surface area contributed by atoms with Crippen molar-refractivity contribution in [3.05, 3.63) is 65.7 Å².